The smallest absolute Gasteiger partial charge is 0.191 e. The maximum atomic E-state index is 5.32. The lowest BCUT2D eigenvalue weighted by Gasteiger charge is -2.26. The number of aliphatic imine (C=N–C) groups is 1. The third kappa shape index (κ3) is 4.63. The highest BCUT2D eigenvalue weighted by atomic mass is 16.5. The van der Waals surface area contributed by atoms with Crippen LogP contribution < -0.4 is 15.4 Å². The van der Waals surface area contributed by atoms with Crippen LogP contribution in [0, 0.1) is 0 Å². The summed E-state index contributed by atoms with van der Waals surface area (Å²) < 4.78 is 5.32. The standard InChI is InChI=1S/C16H26N4O/c1-20(2)15(13-7-6-8-14(11-13)21-3)12-19-16-17-9-4-5-10-18-16/h6-8,11,15H,4-5,9-10,12H2,1-3H3,(H2,17,18,19). The number of nitrogens with zero attached hydrogens (tertiary/aromatic N) is 2. The summed E-state index contributed by atoms with van der Waals surface area (Å²) in [6, 6.07) is 8.51. The molecule has 2 N–H and O–H groups in total. The van der Waals surface area contributed by atoms with Gasteiger partial charge in [0, 0.05) is 19.6 Å². The fourth-order valence-corrected chi connectivity index (χ4v) is 2.45. The van der Waals surface area contributed by atoms with Crippen LogP contribution in [0.3, 0.4) is 0 Å². The van der Waals surface area contributed by atoms with Gasteiger partial charge in [-0.1, -0.05) is 12.1 Å². The molecular weight excluding hydrogens is 264 g/mol. The van der Waals surface area contributed by atoms with Crippen LogP contribution in [0.25, 0.3) is 0 Å². The first-order chi connectivity index (χ1) is 10.2. The molecule has 116 valence electrons. The molecule has 1 unspecified atom stereocenters. The van der Waals surface area contributed by atoms with Crippen molar-refractivity contribution in [1.29, 1.82) is 0 Å². The Labute approximate surface area is 127 Å². The summed E-state index contributed by atoms with van der Waals surface area (Å²) in [4.78, 5) is 6.74. The van der Waals surface area contributed by atoms with Gasteiger partial charge in [-0.3, -0.25) is 4.99 Å². The highest BCUT2D eigenvalue weighted by Crippen LogP contribution is 2.22. The molecular formula is C16H26N4O. The lowest BCUT2D eigenvalue weighted by Crippen LogP contribution is -2.41. The van der Waals surface area contributed by atoms with Gasteiger partial charge in [-0.25, -0.2) is 0 Å². The van der Waals surface area contributed by atoms with Crippen molar-refractivity contribution in [3.63, 3.8) is 0 Å². The van der Waals surface area contributed by atoms with Crippen LogP contribution in [0.15, 0.2) is 29.3 Å². The minimum Gasteiger partial charge on any atom is -0.497 e. The van der Waals surface area contributed by atoms with E-state index >= 15 is 0 Å². The van der Waals surface area contributed by atoms with E-state index in [2.05, 4.69) is 46.8 Å². The van der Waals surface area contributed by atoms with E-state index in [-0.39, 0.29) is 6.04 Å². The quantitative estimate of drug-likeness (QED) is 0.865. The third-order valence-corrected chi connectivity index (χ3v) is 3.71. The number of hydrogen-bond acceptors (Lipinski definition) is 5. The SMILES string of the molecule is COc1cccc(C(CNC2=NCCCCN2)N(C)C)c1. The van der Waals surface area contributed by atoms with Gasteiger partial charge in [0.15, 0.2) is 5.96 Å². The van der Waals surface area contributed by atoms with Gasteiger partial charge in [0.1, 0.15) is 5.75 Å². The van der Waals surface area contributed by atoms with E-state index in [1.807, 2.05) is 12.1 Å². The van der Waals surface area contributed by atoms with Gasteiger partial charge in [-0.2, -0.15) is 0 Å². The number of benzene rings is 1. The fourth-order valence-electron chi connectivity index (χ4n) is 2.45. The number of likely N-dealkylation sites (N-methyl/N-ethyl adjacent to an activating group) is 1. The third-order valence-electron chi connectivity index (χ3n) is 3.71. The van der Waals surface area contributed by atoms with Crippen molar-refractivity contribution in [2.24, 2.45) is 4.99 Å². The van der Waals surface area contributed by atoms with Crippen molar-refractivity contribution in [2.45, 2.75) is 18.9 Å². The van der Waals surface area contributed by atoms with E-state index in [4.69, 9.17) is 4.74 Å². The molecule has 1 aliphatic heterocycles. The summed E-state index contributed by atoms with van der Waals surface area (Å²) in [6.07, 6.45) is 2.34. The Morgan fingerprint density at radius 3 is 3.00 bits per heavy atom. The number of hydrogen-bond donors (Lipinski definition) is 2. The molecule has 1 aromatic rings. The van der Waals surface area contributed by atoms with E-state index in [9.17, 15) is 0 Å². The molecule has 0 aromatic heterocycles. The van der Waals surface area contributed by atoms with Crippen LogP contribution >= 0.6 is 0 Å². The van der Waals surface area contributed by atoms with Crippen LogP contribution in [0.2, 0.25) is 0 Å². The van der Waals surface area contributed by atoms with Crippen LogP contribution in [-0.2, 0) is 0 Å². The van der Waals surface area contributed by atoms with Gasteiger partial charge < -0.3 is 20.3 Å². The Hall–Kier alpha value is -1.75. The maximum Gasteiger partial charge on any atom is 0.191 e. The molecule has 1 heterocycles. The highest BCUT2D eigenvalue weighted by molar-refractivity contribution is 5.79. The highest BCUT2D eigenvalue weighted by Gasteiger charge is 2.15. The molecule has 1 aliphatic rings. The molecule has 1 aromatic carbocycles. The second-order valence-electron chi connectivity index (χ2n) is 5.50. The van der Waals surface area contributed by atoms with Crippen molar-refractivity contribution in [2.75, 3.05) is 40.8 Å². The zero-order chi connectivity index (χ0) is 15.1. The Bertz CT molecular complexity index is 473. The van der Waals surface area contributed by atoms with E-state index in [0.717, 1.165) is 37.8 Å². The van der Waals surface area contributed by atoms with Gasteiger partial charge in [-0.15, -0.1) is 0 Å². The molecule has 5 nitrogen and oxygen atoms in total. The van der Waals surface area contributed by atoms with Crippen LogP contribution in [0.1, 0.15) is 24.4 Å². The Kier molecular flexibility index (Phi) is 5.87. The monoisotopic (exact) mass is 290 g/mol. The van der Waals surface area contributed by atoms with Crippen LogP contribution in [0.5, 0.6) is 5.75 Å². The minimum atomic E-state index is 0.271. The molecule has 1 atom stereocenters. The first kappa shape index (κ1) is 15.6. The number of nitrogens with one attached hydrogen (secondary N) is 2. The van der Waals surface area contributed by atoms with Gasteiger partial charge in [0.25, 0.3) is 0 Å². The van der Waals surface area contributed by atoms with Crippen molar-refractivity contribution in [3.8, 4) is 5.75 Å². The lowest BCUT2D eigenvalue weighted by molar-refractivity contribution is 0.297. The zero-order valence-corrected chi connectivity index (χ0v) is 13.2. The molecule has 0 saturated carbocycles. The molecule has 0 saturated heterocycles. The Morgan fingerprint density at radius 1 is 1.38 bits per heavy atom. The van der Waals surface area contributed by atoms with Crippen molar-refractivity contribution >= 4 is 5.96 Å². The number of rotatable bonds is 5. The lowest BCUT2D eigenvalue weighted by atomic mass is 10.1. The van der Waals surface area contributed by atoms with Crippen molar-refractivity contribution in [3.05, 3.63) is 29.8 Å². The summed E-state index contributed by atoms with van der Waals surface area (Å²) in [6.45, 7) is 2.71. The first-order valence-electron chi connectivity index (χ1n) is 7.53. The molecule has 2 rings (SSSR count). The molecule has 0 bridgehead atoms. The molecule has 0 amide bonds. The van der Waals surface area contributed by atoms with Crippen molar-refractivity contribution < 1.29 is 4.74 Å². The summed E-state index contributed by atoms with van der Waals surface area (Å²) >= 11 is 0. The molecule has 0 radical (unpaired) electrons. The van der Waals surface area contributed by atoms with E-state index in [1.54, 1.807) is 7.11 Å². The summed E-state index contributed by atoms with van der Waals surface area (Å²) in [7, 11) is 5.88. The summed E-state index contributed by atoms with van der Waals surface area (Å²) in [5.74, 6) is 1.81. The Morgan fingerprint density at radius 2 is 2.24 bits per heavy atom. The fraction of sp³-hybridized carbons (Fsp3) is 0.562. The predicted molar refractivity (Wildman–Crippen MR) is 87.0 cm³/mol. The topological polar surface area (TPSA) is 48.9 Å². The molecule has 0 spiro atoms. The van der Waals surface area contributed by atoms with Crippen LogP contribution in [-0.4, -0.2) is 51.7 Å². The maximum absolute atomic E-state index is 5.32. The summed E-state index contributed by atoms with van der Waals surface area (Å²) in [5.41, 5.74) is 1.24. The molecule has 21 heavy (non-hydrogen) atoms. The zero-order valence-electron chi connectivity index (χ0n) is 13.2. The average molecular weight is 290 g/mol. The van der Waals surface area contributed by atoms with E-state index in [1.165, 1.54) is 12.0 Å². The van der Waals surface area contributed by atoms with Gasteiger partial charge in [-0.05, 0) is 44.6 Å². The van der Waals surface area contributed by atoms with E-state index < -0.39 is 0 Å². The second kappa shape index (κ2) is 7.88. The van der Waals surface area contributed by atoms with Crippen LogP contribution in [0.4, 0.5) is 0 Å². The largest absolute Gasteiger partial charge is 0.497 e. The van der Waals surface area contributed by atoms with E-state index in [0.29, 0.717) is 0 Å². The Balaban J connectivity index is 2.03. The minimum absolute atomic E-state index is 0.271. The average Bonchev–Trinajstić information content (AvgIpc) is 2.76. The molecule has 0 fully saturated rings. The number of methoxy groups -OCH3 is 1. The normalized spacial score (nSPS) is 16.7. The van der Waals surface area contributed by atoms with Gasteiger partial charge in [0.05, 0.1) is 13.2 Å². The molecule has 5 heteroatoms. The molecule has 0 aliphatic carbocycles. The number of ether oxygens (including phenoxy) is 1. The summed E-state index contributed by atoms with van der Waals surface area (Å²) in [5, 5.41) is 6.78. The van der Waals surface area contributed by atoms with Gasteiger partial charge in [0.2, 0.25) is 0 Å². The first-order valence-corrected chi connectivity index (χ1v) is 7.53. The second-order valence-corrected chi connectivity index (χ2v) is 5.50. The predicted octanol–water partition coefficient (Wildman–Crippen LogP) is 1.63. The van der Waals surface area contributed by atoms with Crippen molar-refractivity contribution in [1.82, 2.24) is 15.5 Å². The number of guanidine groups is 1. The van der Waals surface area contributed by atoms with Gasteiger partial charge >= 0.3 is 0 Å².